The molecular weight excluding hydrogens is 340 g/mol. The van der Waals surface area contributed by atoms with Crippen LogP contribution >= 0.6 is 24.0 Å². The molecule has 0 aliphatic carbocycles. The summed E-state index contributed by atoms with van der Waals surface area (Å²) in [5.41, 5.74) is 2.66. The number of benzene rings is 2. The number of carbonyl (C=O) groups is 1. The van der Waals surface area contributed by atoms with Gasteiger partial charge in [-0.3, -0.25) is 9.69 Å². The van der Waals surface area contributed by atoms with E-state index in [1.165, 1.54) is 11.8 Å². The molecule has 24 heavy (non-hydrogen) atoms. The molecule has 0 bridgehead atoms. The van der Waals surface area contributed by atoms with Gasteiger partial charge in [0.2, 0.25) is 0 Å². The maximum Gasteiger partial charge on any atom is 0.270 e. The van der Waals surface area contributed by atoms with Crippen LogP contribution in [-0.4, -0.2) is 29.4 Å². The predicted octanol–water partition coefficient (Wildman–Crippen LogP) is 3.86. The van der Waals surface area contributed by atoms with Gasteiger partial charge in [0.1, 0.15) is 5.75 Å². The van der Waals surface area contributed by atoms with Crippen molar-refractivity contribution in [2.24, 2.45) is 0 Å². The number of thiocarbonyl (C=S) groups is 1. The van der Waals surface area contributed by atoms with Crippen LogP contribution in [-0.2, 0) is 4.79 Å². The summed E-state index contributed by atoms with van der Waals surface area (Å²) in [6.07, 6.45) is 1.78. The summed E-state index contributed by atoms with van der Waals surface area (Å²) in [4.78, 5) is 16.8. The number of anilines is 2. The molecule has 0 spiro atoms. The summed E-state index contributed by atoms with van der Waals surface area (Å²) in [5, 5.41) is 9.34. The fourth-order valence-corrected chi connectivity index (χ4v) is 3.61. The summed E-state index contributed by atoms with van der Waals surface area (Å²) >= 11 is 6.66. The van der Waals surface area contributed by atoms with Gasteiger partial charge in [-0.2, -0.15) is 0 Å². The quantitative estimate of drug-likeness (QED) is 0.668. The van der Waals surface area contributed by atoms with Crippen LogP contribution < -0.4 is 9.80 Å². The number of amides is 1. The van der Waals surface area contributed by atoms with Crippen LogP contribution in [0.15, 0.2) is 53.4 Å². The lowest BCUT2D eigenvalue weighted by atomic mass is 10.2. The summed E-state index contributed by atoms with van der Waals surface area (Å²) in [6.45, 7) is 0. The van der Waals surface area contributed by atoms with Gasteiger partial charge in [-0.25, -0.2) is 0 Å². The molecule has 1 N–H and O–H groups in total. The second-order valence-corrected chi connectivity index (χ2v) is 7.20. The van der Waals surface area contributed by atoms with E-state index in [4.69, 9.17) is 12.2 Å². The molecule has 4 nitrogen and oxygen atoms in total. The minimum atomic E-state index is -0.129. The minimum absolute atomic E-state index is 0.129. The first-order valence-corrected chi connectivity index (χ1v) is 8.52. The van der Waals surface area contributed by atoms with Gasteiger partial charge in [-0.1, -0.05) is 36.1 Å². The molecule has 1 fully saturated rings. The van der Waals surface area contributed by atoms with Crippen LogP contribution in [0.4, 0.5) is 11.4 Å². The zero-order chi connectivity index (χ0) is 17.3. The van der Waals surface area contributed by atoms with Crippen molar-refractivity contribution in [3.8, 4) is 5.75 Å². The summed E-state index contributed by atoms with van der Waals surface area (Å²) in [5.74, 6) is 0.0661. The Morgan fingerprint density at radius 1 is 1.08 bits per heavy atom. The summed E-state index contributed by atoms with van der Waals surface area (Å²) < 4.78 is 0.516. The first kappa shape index (κ1) is 16.5. The lowest BCUT2D eigenvalue weighted by Crippen LogP contribution is -2.27. The third kappa shape index (κ3) is 3.29. The van der Waals surface area contributed by atoms with Crippen LogP contribution in [0.5, 0.6) is 5.75 Å². The van der Waals surface area contributed by atoms with Crippen molar-refractivity contribution in [1.29, 1.82) is 0 Å². The molecule has 2 aromatic carbocycles. The second-order valence-electron chi connectivity index (χ2n) is 5.52. The van der Waals surface area contributed by atoms with E-state index < -0.39 is 0 Å². The van der Waals surface area contributed by atoms with Crippen LogP contribution in [0, 0.1) is 0 Å². The highest BCUT2D eigenvalue weighted by Gasteiger charge is 2.33. The Balaban J connectivity index is 1.87. The normalized spacial score (nSPS) is 16.1. The maximum absolute atomic E-state index is 12.7. The van der Waals surface area contributed by atoms with E-state index in [1.54, 1.807) is 35.2 Å². The van der Waals surface area contributed by atoms with Crippen molar-refractivity contribution in [1.82, 2.24) is 0 Å². The summed E-state index contributed by atoms with van der Waals surface area (Å²) in [6, 6.07) is 14.4. The van der Waals surface area contributed by atoms with Crippen LogP contribution in [0.1, 0.15) is 5.56 Å². The lowest BCUT2D eigenvalue weighted by molar-refractivity contribution is -0.113. The highest BCUT2D eigenvalue weighted by atomic mass is 32.2. The van der Waals surface area contributed by atoms with Crippen molar-refractivity contribution >= 4 is 51.7 Å². The lowest BCUT2D eigenvalue weighted by Gasteiger charge is -2.17. The predicted molar refractivity (Wildman–Crippen MR) is 105 cm³/mol. The Morgan fingerprint density at radius 3 is 2.29 bits per heavy atom. The molecule has 1 aliphatic heterocycles. The number of hydrogen-bond donors (Lipinski definition) is 1. The molecule has 0 unspecified atom stereocenters. The largest absolute Gasteiger partial charge is 0.508 e. The van der Waals surface area contributed by atoms with E-state index >= 15 is 0 Å². The van der Waals surface area contributed by atoms with Gasteiger partial charge >= 0.3 is 0 Å². The maximum atomic E-state index is 12.7. The van der Waals surface area contributed by atoms with Gasteiger partial charge < -0.3 is 10.0 Å². The van der Waals surface area contributed by atoms with E-state index in [-0.39, 0.29) is 11.7 Å². The topological polar surface area (TPSA) is 43.8 Å². The number of hydrogen-bond acceptors (Lipinski definition) is 5. The van der Waals surface area contributed by atoms with E-state index in [2.05, 4.69) is 0 Å². The Kier molecular flexibility index (Phi) is 4.59. The summed E-state index contributed by atoms with van der Waals surface area (Å²) in [7, 11) is 3.93. The molecule has 6 heteroatoms. The van der Waals surface area contributed by atoms with Crippen LogP contribution in [0.3, 0.4) is 0 Å². The van der Waals surface area contributed by atoms with E-state index in [9.17, 15) is 9.90 Å². The van der Waals surface area contributed by atoms with Crippen molar-refractivity contribution in [3.63, 3.8) is 0 Å². The first-order chi connectivity index (χ1) is 11.5. The standard InChI is InChI=1S/C18H16N2O2S2/c1-19(2)13-5-7-14(8-6-13)20-17(22)16(24-18(20)23)11-12-3-9-15(21)10-4-12/h3-11,21H,1-2H3/b16-11-. The molecule has 0 radical (unpaired) electrons. The number of phenols is 1. The third-order valence-electron chi connectivity index (χ3n) is 3.61. The highest BCUT2D eigenvalue weighted by molar-refractivity contribution is 8.27. The van der Waals surface area contributed by atoms with Crippen molar-refractivity contribution in [3.05, 3.63) is 59.0 Å². The molecule has 1 aliphatic rings. The van der Waals surface area contributed by atoms with Crippen molar-refractivity contribution < 1.29 is 9.90 Å². The molecule has 3 rings (SSSR count). The molecule has 2 aromatic rings. The number of rotatable bonds is 3. The minimum Gasteiger partial charge on any atom is -0.508 e. The zero-order valence-electron chi connectivity index (χ0n) is 13.3. The van der Waals surface area contributed by atoms with Gasteiger partial charge in [0, 0.05) is 19.8 Å². The smallest absolute Gasteiger partial charge is 0.270 e. The van der Waals surface area contributed by atoms with Gasteiger partial charge in [0.05, 0.1) is 10.6 Å². The molecule has 0 saturated carbocycles. The molecule has 0 aromatic heterocycles. The van der Waals surface area contributed by atoms with Gasteiger partial charge in [-0.15, -0.1) is 0 Å². The van der Waals surface area contributed by atoms with Crippen molar-refractivity contribution in [2.45, 2.75) is 0 Å². The zero-order valence-corrected chi connectivity index (χ0v) is 14.9. The fourth-order valence-electron chi connectivity index (χ4n) is 2.31. The Labute approximate surface area is 150 Å². The average molecular weight is 356 g/mol. The number of phenolic OH excluding ortho intramolecular Hbond substituents is 1. The Hall–Kier alpha value is -2.31. The van der Waals surface area contributed by atoms with Gasteiger partial charge in [0.15, 0.2) is 4.32 Å². The first-order valence-electron chi connectivity index (χ1n) is 7.30. The molecule has 122 valence electrons. The monoisotopic (exact) mass is 356 g/mol. The number of nitrogens with zero attached hydrogens (tertiary/aromatic N) is 2. The van der Waals surface area contributed by atoms with E-state index in [0.717, 1.165) is 16.9 Å². The SMILES string of the molecule is CN(C)c1ccc(N2C(=O)/C(=C/c3ccc(O)cc3)SC2=S)cc1. The third-order valence-corrected chi connectivity index (χ3v) is 4.91. The average Bonchev–Trinajstić information content (AvgIpc) is 2.83. The molecule has 1 heterocycles. The van der Waals surface area contributed by atoms with Crippen molar-refractivity contribution in [2.75, 3.05) is 23.9 Å². The van der Waals surface area contributed by atoms with Crippen LogP contribution in [0.25, 0.3) is 6.08 Å². The van der Waals surface area contributed by atoms with E-state index in [1.807, 2.05) is 43.3 Å². The Bertz CT molecular complexity index is 812. The number of thioether (sulfide) groups is 1. The van der Waals surface area contributed by atoms with Gasteiger partial charge in [-0.05, 0) is 48.0 Å². The van der Waals surface area contributed by atoms with E-state index in [0.29, 0.717) is 9.23 Å². The number of carbonyl (C=O) groups excluding carboxylic acids is 1. The van der Waals surface area contributed by atoms with Crippen LogP contribution in [0.2, 0.25) is 0 Å². The second kappa shape index (κ2) is 6.67. The molecule has 0 atom stereocenters. The number of aromatic hydroxyl groups is 1. The fraction of sp³-hybridized carbons (Fsp3) is 0.111. The molecule has 1 saturated heterocycles. The Morgan fingerprint density at radius 2 is 1.71 bits per heavy atom. The van der Waals surface area contributed by atoms with Gasteiger partial charge in [0.25, 0.3) is 5.91 Å². The molecular formula is C18H16N2O2S2. The molecule has 1 amide bonds. The highest BCUT2D eigenvalue weighted by Crippen LogP contribution is 2.36.